The van der Waals surface area contributed by atoms with Crippen LogP contribution in [0.4, 0.5) is 10.5 Å². The van der Waals surface area contributed by atoms with Gasteiger partial charge in [-0.3, -0.25) is 19.8 Å². The number of carbonyl (C=O) groups excluding carboxylic acids is 4. The molecule has 222 valence electrons. The van der Waals surface area contributed by atoms with E-state index in [1.54, 1.807) is 18.2 Å². The summed E-state index contributed by atoms with van der Waals surface area (Å²) in [5.74, 6) is 4.20. The zero-order valence-electron chi connectivity index (χ0n) is 23.5. The summed E-state index contributed by atoms with van der Waals surface area (Å²) in [5.41, 5.74) is 6.16. The molecule has 6 N–H and O–H groups in total. The predicted molar refractivity (Wildman–Crippen MR) is 153 cm³/mol. The van der Waals surface area contributed by atoms with E-state index in [0.29, 0.717) is 57.2 Å². The third kappa shape index (κ3) is 9.00. The van der Waals surface area contributed by atoms with Crippen molar-refractivity contribution < 1.29 is 33.4 Å². The lowest BCUT2D eigenvalue weighted by Crippen LogP contribution is -2.31. The molecule has 0 fully saturated rings. The molecule has 0 aliphatic heterocycles. The summed E-state index contributed by atoms with van der Waals surface area (Å²) in [6.45, 7) is 6.56. The van der Waals surface area contributed by atoms with Crippen molar-refractivity contribution in [1.82, 2.24) is 16.1 Å². The highest BCUT2D eigenvalue weighted by molar-refractivity contribution is 6.04. The molecule has 4 amide bonds. The van der Waals surface area contributed by atoms with Crippen LogP contribution >= 0.6 is 0 Å². The van der Waals surface area contributed by atoms with Gasteiger partial charge in [-0.15, -0.1) is 0 Å². The molecule has 0 heterocycles. The minimum atomic E-state index is -0.781. The molecule has 41 heavy (non-hydrogen) atoms. The Morgan fingerprint density at radius 3 is 2.29 bits per heavy atom. The quantitative estimate of drug-likeness (QED) is 0.0888. The minimum absolute atomic E-state index is 0.0196. The number of carbonyl (C=O) groups is 4. The number of fused-ring (bicyclic) bond motifs is 3. The Balaban J connectivity index is 1.73. The molecule has 0 aromatic heterocycles. The molecular formula is C29H39N5O7. The Hall–Kier alpha value is -4.00. The molecule has 12 nitrogen and oxygen atoms in total. The third-order valence-corrected chi connectivity index (χ3v) is 6.51. The van der Waals surface area contributed by atoms with Crippen molar-refractivity contribution >= 4 is 29.5 Å². The topological polar surface area (TPSA) is 170 Å². The van der Waals surface area contributed by atoms with Crippen molar-refractivity contribution in [3.05, 3.63) is 53.1 Å². The molecule has 0 bridgehead atoms. The van der Waals surface area contributed by atoms with Gasteiger partial charge in [-0.05, 0) is 60.7 Å². The lowest BCUT2D eigenvalue weighted by molar-refractivity contribution is -0.121. The number of benzene rings is 2. The fraction of sp³-hybridized carbons (Fsp3) is 0.448. The summed E-state index contributed by atoms with van der Waals surface area (Å²) in [4.78, 5) is 49.4. The summed E-state index contributed by atoms with van der Waals surface area (Å²) >= 11 is 0. The Morgan fingerprint density at radius 1 is 0.878 bits per heavy atom. The maximum Gasteiger partial charge on any atom is 0.421 e. The molecular weight excluding hydrogens is 530 g/mol. The van der Waals surface area contributed by atoms with E-state index < -0.39 is 6.09 Å². The van der Waals surface area contributed by atoms with Crippen molar-refractivity contribution in [3.63, 3.8) is 0 Å². The summed E-state index contributed by atoms with van der Waals surface area (Å²) in [5, 5.41) is 8.52. The highest BCUT2D eigenvalue weighted by atomic mass is 16.6. The van der Waals surface area contributed by atoms with Gasteiger partial charge in [0.1, 0.15) is 6.61 Å². The van der Waals surface area contributed by atoms with Crippen LogP contribution in [0, 0.1) is 0 Å². The number of hydrazine groups is 1. The van der Waals surface area contributed by atoms with Crippen LogP contribution in [0.15, 0.2) is 36.4 Å². The maximum atomic E-state index is 13.1. The molecule has 2 aromatic rings. The van der Waals surface area contributed by atoms with E-state index in [1.807, 2.05) is 37.5 Å². The van der Waals surface area contributed by atoms with Crippen molar-refractivity contribution in [3.8, 4) is 11.1 Å². The van der Waals surface area contributed by atoms with E-state index in [4.69, 9.17) is 20.1 Å². The predicted octanol–water partition coefficient (Wildman–Crippen LogP) is 2.43. The number of hydrogen-bond acceptors (Lipinski definition) is 8. The Bertz CT molecular complexity index is 1220. The van der Waals surface area contributed by atoms with Crippen molar-refractivity contribution in [2.24, 2.45) is 5.84 Å². The molecule has 1 aliphatic carbocycles. The first-order valence-corrected chi connectivity index (χ1v) is 13.8. The second-order valence-electron chi connectivity index (χ2n) is 9.27. The van der Waals surface area contributed by atoms with Crippen LogP contribution in [-0.4, -0.2) is 69.9 Å². The van der Waals surface area contributed by atoms with E-state index >= 15 is 0 Å². The van der Waals surface area contributed by atoms with Crippen LogP contribution in [-0.2, 0) is 23.8 Å². The third-order valence-electron chi connectivity index (χ3n) is 6.51. The van der Waals surface area contributed by atoms with Gasteiger partial charge >= 0.3 is 6.09 Å². The van der Waals surface area contributed by atoms with Gasteiger partial charge in [-0.1, -0.05) is 18.2 Å². The van der Waals surface area contributed by atoms with E-state index in [9.17, 15) is 19.2 Å². The zero-order valence-corrected chi connectivity index (χ0v) is 23.5. The minimum Gasteiger partial charge on any atom is -0.448 e. The van der Waals surface area contributed by atoms with Gasteiger partial charge in [0.25, 0.3) is 5.91 Å². The van der Waals surface area contributed by atoms with Gasteiger partial charge in [0, 0.05) is 56.3 Å². The van der Waals surface area contributed by atoms with Crippen LogP contribution in [0.25, 0.3) is 11.1 Å². The summed E-state index contributed by atoms with van der Waals surface area (Å²) in [7, 11) is 0. The van der Waals surface area contributed by atoms with Crippen molar-refractivity contribution in [2.75, 3.05) is 51.4 Å². The van der Waals surface area contributed by atoms with E-state index in [0.717, 1.165) is 22.3 Å². The van der Waals surface area contributed by atoms with Gasteiger partial charge in [-0.25, -0.2) is 10.6 Å². The molecule has 0 radical (unpaired) electrons. The highest BCUT2D eigenvalue weighted by Crippen LogP contribution is 2.47. The summed E-state index contributed by atoms with van der Waals surface area (Å²) in [6, 6.07) is 10.8. The molecule has 12 heteroatoms. The van der Waals surface area contributed by atoms with Gasteiger partial charge < -0.3 is 30.2 Å². The van der Waals surface area contributed by atoms with Crippen LogP contribution in [0.2, 0.25) is 0 Å². The Labute approximate surface area is 239 Å². The number of amides is 4. The van der Waals surface area contributed by atoms with Crippen molar-refractivity contribution in [2.45, 2.75) is 39.0 Å². The average Bonchev–Trinajstić information content (AvgIpc) is 3.28. The molecule has 2 aromatic carbocycles. The summed E-state index contributed by atoms with van der Waals surface area (Å²) < 4.78 is 15.8. The fourth-order valence-electron chi connectivity index (χ4n) is 4.66. The van der Waals surface area contributed by atoms with Gasteiger partial charge in [0.2, 0.25) is 11.8 Å². The first kappa shape index (κ1) is 31.5. The maximum absolute atomic E-state index is 13.1. The highest BCUT2D eigenvalue weighted by Gasteiger charge is 2.33. The normalized spacial score (nSPS) is 13.1. The van der Waals surface area contributed by atoms with Crippen LogP contribution in [0.3, 0.4) is 0 Å². The van der Waals surface area contributed by atoms with Crippen LogP contribution in [0.1, 0.15) is 60.5 Å². The van der Waals surface area contributed by atoms with Crippen LogP contribution < -0.4 is 27.2 Å². The second-order valence-corrected chi connectivity index (χ2v) is 9.27. The van der Waals surface area contributed by atoms with E-state index in [1.165, 1.54) is 0 Å². The number of rotatable bonds is 16. The zero-order chi connectivity index (χ0) is 29.6. The Kier molecular flexibility index (Phi) is 12.5. The smallest absolute Gasteiger partial charge is 0.421 e. The fourth-order valence-corrected chi connectivity index (χ4v) is 4.66. The Morgan fingerprint density at radius 2 is 1.59 bits per heavy atom. The first-order chi connectivity index (χ1) is 19.9. The lowest BCUT2D eigenvalue weighted by atomic mass is 9.96. The van der Waals surface area contributed by atoms with Crippen LogP contribution in [0.5, 0.6) is 0 Å². The summed E-state index contributed by atoms with van der Waals surface area (Å²) in [6.07, 6.45) is 0.0219. The second kappa shape index (κ2) is 16.3. The molecule has 0 saturated heterocycles. The average molecular weight is 570 g/mol. The number of anilines is 1. The van der Waals surface area contributed by atoms with E-state index in [-0.39, 0.29) is 43.1 Å². The molecule has 1 unspecified atom stereocenters. The molecule has 1 aliphatic rings. The molecule has 1 atom stereocenters. The van der Waals surface area contributed by atoms with Gasteiger partial charge in [0.15, 0.2) is 0 Å². The van der Waals surface area contributed by atoms with Crippen molar-refractivity contribution in [1.29, 1.82) is 0 Å². The lowest BCUT2D eigenvalue weighted by Gasteiger charge is -2.15. The number of nitrogens with one attached hydrogen (secondary N) is 4. The number of ether oxygens (including phenoxy) is 3. The standard InChI is InChI=1S/C29H39N5O7/c1-3-39-15-13-31-25(35)9-6-10-26(36)33-19-11-12-21-23(17-19)24(18-41-29(38)34-30)20-7-5-8-22(27(20)21)28(37)32-14-16-40-4-2/h5,7-8,11-12,17,24H,3-4,6,9-10,13-16,18,30H2,1-2H3,(H,31,35)(H,32,37)(H,33,36)(H,34,38). The van der Waals surface area contributed by atoms with Gasteiger partial charge in [0.05, 0.1) is 13.2 Å². The SMILES string of the molecule is CCOCCNC(=O)CCCC(=O)Nc1ccc2c(c1)C(COC(=O)NN)c1cccc(C(=O)NCCOCC)c1-2. The number of hydrogen-bond donors (Lipinski definition) is 5. The van der Waals surface area contributed by atoms with Gasteiger partial charge in [-0.2, -0.15) is 0 Å². The molecule has 0 saturated carbocycles. The largest absolute Gasteiger partial charge is 0.448 e. The number of nitrogens with two attached hydrogens (primary N) is 1. The van der Waals surface area contributed by atoms with E-state index in [2.05, 4.69) is 16.0 Å². The monoisotopic (exact) mass is 569 g/mol. The molecule has 3 rings (SSSR count). The molecule has 0 spiro atoms. The first-order valence-electron chi connectivity index (χ1n) is 13.8.